The van der Waals surface area contributed by atoms with Gasteiger partial charge in [0.2, 0.25) is 11.8 Å². The number of nitrogens with zero attached hydrogens (tertiary/aromatic N) is 2. The van der Waals surface area contributed by atoms with Crippen LogP contribution in [0.3, 0.4) is 0 Å². The SMILES string of the molecule is COc1ncccc1P(c1ccccc1)c1cccnc1OC. The highest BCUT2D eigenvalue weighted by molar-refractivity contribution is 7.80. The zero-order chi connectivity index (χ0) is 16.1. The molecule has 0 spiro atoms. The number of methoxy groups -OCH3 is 2. The summed E-state index contributed by atoms with van der Waals surface area (Å²) in [4.78, 5) is 8.71. The first-order valence-electron chi connectivity index (χ1n) is 7.18. The summed E-state index contributed by atoms with van der Waals surface area (Å²) in [5.74, 6) is 1.27. The van der Waals surface area contributed by atoms with Gasteiger partial charge in [-0.15, -0.1) is 0 Å². The maximum Gasteiger partial charge on any atom is 0.221 e. The molecular weight excluding hydrogens is 307 g/mol. The summed E-state index contributed by atoms with van der Waals surface area (Å²) in [6.45, 7) is 0. The molecule has 0 amide bonds. The lowest BCUT2D eigenvalue weighted by Gasteiger charge is -2.21. The van der Waals surface area contributed by atoms with Crippen molar-refractivity contribution in [3.05, 3.63) is 67.0 Å². The van der Waals surface area contributed by atoms with Crippen LogP contribution < -0.4 is 25.4 Å². The average Bonchev–Trinajstić information content (AvgIpc) is 2.64. The van der Waals surface area contributed by atoms with Gasteiger partial charge in [0, 0.05) is 23.0 Å². The van der Waals surface area contributed by atoms with Gasteiger partial charge in [-0.25, -0.2) is 9.97 Å². The first-order chi connectivity index (χ1) is 11.3. The van der Waals surface area contributed by atoms with Crippen molar-refractivity contribution < 1.29 is 9.47 Å². The summed E-state index contributed by atoms with van der Waals surface area (Å²) < 4.78 is 11.0. The first kappa shape index (κ1) is 15.4. The van der Waals surface area contributed by atoms with Gasteiger partial charge in [-0.2, -0.15) is 0 Å². The number of aromatic nitrogens is 2. The Bertz CT molecular complexity index is 733. The second-order valence-corrected chi connectivity index (χ2v) is 6.89. The summed E-state index contributed by atoms with van der Waals surface area (Å²) in [6.07, 6.45) is 3.47. The zero-order valence-corrected chi connectivity index (χ0v) is 13.9. The Morgan fingerprint density at radius 2 is 1.22 bits per heavy atom. The largest absolute Gasteiger partial charge is 0.481 e. The fourth-order valence-electron chi connectivity index (χ4n) is 2.40. The molecule has 0 N–H and O–H groups in total. The van der Waals surface area contributed by atoms with Gasteiger partial charge in [-0.3, -0.25) is 0 Å². The maximum atomic E-state index is 5.49. The van der Waals surface area contributed by atoms with E-state index in [-0.39, 0.29) is 0 Å². The van der Waals surface area contributed by atoms with Gasteiger partial charge in [-0.1, -0.05) is 30.3 Å². The molecule has 0 aliphatic rings. The minimum absolute atomic E-state index is 0.633. The van der Waals surface area contributed by atoms with E-state index in [1.54, 1.807) is 26.6 Å². The van der Waals surface area contributed by atoms with E-state index in [1.807, 2.05) is 30.3 Å². The van der Waals surface area contributed by atoms with E-state index in [1.165, 1.54) is 5.30 Å². The lowest BCUT2D eigenvalue weighted by molar-refractivity contribution is 0.401. The lowest BCUT2D eigenvalue weighted by Crippen LogP contribution is -2.24. The smallest absolute Gasteiger partial charge is 0.221 e. The van der Waals surface area contributed by atoms with Crippen LogP contribution >= 0.6 is 7.92 Å². The van der Waals surface area contributed by atoms with Gasteiger partial charge in [0.05, 0.1) is 14.2 Å². The number of benzene rings is 1. The third-order valence-corrected chi connectivity index (χ3v) is 5.84. The van der Waals surface area contributed by atoms with E-state index in [9.17, 15) is 0 Å². The summed E-state index contributed by atoms with van der Waals surface area (Å²) >= 11 is 0. The van der Waals surface area contributed by atoms with Crippen LogP contribution in [0.5, 0.6) is 11.8 Å². The van der Waals surface area contributed by atoms with Gasteiger partial charge >= 0.3 is 0 Å². The van der Waals surface area contributed by atoms with Crippen LogP contribution in [-0.2, 0) is 0 Å². The molecule has 0 atom stereocenters. The quantitative estimate of drug-likeness (QED) is 0.675. The Morgan fingerprint density at radius 1 is 0.696 bits per heavy atom. The van der Waals surface area contributed by atoms with Gasteiger partial charge in [-0.05, 0) is 37.5 Å². The van der Waals surface area contributed by atoms with Crippen LogP contribution in [0.1, 0.15) is 0 Å². The summed E-state index contributed by atoms with van der Waals surface area (Å²) in [5, 5.41) is 3.28. The molecule has 0 fully saturated rings. The van der Waals surface area contributed by atoms with E-state index >= 15 is 0 Å². The van der Waals surface area contributed by atoms with Gasteiger partial charge in [0.1, 0.15) is 0 Å². The molecule has 5 heteroatoms. The van der Waals surface area contributed by atoms with Crippen molar-refractivity contribution in [1.29, 1.82) is 0 Å². The highest BCUT2D eigenvalue weighted by atomic mass is 31.1. The maximum absolute atomic E-state index is 5.49. The van der Waals surface area contributed by atoms with E-state index in [0.29, 0.717) is 11.8 Å². The summed E-state index contributed by atoms with van der Waals surface area (Å²) in [5.41, 5.74) is 0. The van der Waals surface area contributed by atoms with Crippen LogP contribution in [0, 0.1) is 0 Å². The molecule has 1 aromatic carbocycles. The first-order valence-corrected chi connectivity index (χ1v) is 8.52. The third-order valence-electron chi connectivity index (χ3n) is 3.39. The molecule has 3 rings (SSSR count). The molecule has 0 saturated heterocycles. The van der Waals surface area contributed by atoms with Crippen molar-refractivity contribution >= 4 is 23.8 Å². The molecule has 0 radical (unpaired) electrons. The molecule has 4 nitrogen and oxygen atoms in total. The third kappa shape index (κ3) is 3.17. The van der Waals surface area contributed by atoms with Crippen LogP contribution in [-0.4, -0.2) is 24.2 Å². The van der Waals surface area contributed by atoms with E-state index in [2.05, 4.69) is 34.2 Å². The molecule has 0 aliphatic carbocycles. The van der Waals surface area contributed by atoms with Crippen molar-refractivity contribution in [1.82, 2.24) is 9.97 Å². The fraction of sp³-hybridized carbons (Fsp3) is 0.111. The van der Waals surface area contributed by atoms with Gasteiger partial charge < -0.3 is 9.47 Å². The van der Waals surface area contributed by atoms with Crippen molar-refractivity contribution in [2.45, 2.75) is 0 Å². The Morgan fingerprint density at radius 3 is 1.70 bits per heavy atom. The number of ether oxygens (including phenoxy) is 2. The topological polar surface area (TPSA) is 44.2 Å². The van der Waals surface area contributed by atoms with E-state index in [0.717, 1.165) is 10.6 Å². The molecule has 2 heterocycles. The molecule has 0 saturated carbocycles. The van der Waals surface area contributed by atoms with E-state index in [4.69, 9.17) is 9.47 Å². The minimum Gasteiger partial charge on any atom is -0.481 e. The predicted octanol–water partition coefficient (Wildman–Crippen LogP) is 2.25. The Kier molecular flexibility index (Phi) is 4.84. The second-order valence-electron chi connectivity index (χ2n) is 4.73. The highest BCUT2D eigenvalue weighted by Gasteiger charge is 2.24. The van der Waals surface area contributed by atoms with Crippen LogP contribution in [0.4, 0.5) is 0 Å². The van der Waals surface area contributed by atoms with Crippen LogP contribution in [0.25, 0.3) is 0 Å². The molecule has 3 aromatic rings. The monoisotopic (exact) mass is 324 g/mol. The fourth-order valence-corrected chi connectivity index (χ4v) is 4.84. The number of pyridine rings is 2. The molecule has 2 aromatic heterocycles. The molecule has 0 aliphatic heterocycles. The second kappa shape index (κ2) is 7.21. The molecule has 116 valence electrons. The van der Waals surface area contributed by atoms with Crippen LogP contribution in [0.2, 0.25) is 0 Å². The number of rotatable bonds is 5. The van der Waals surface area contributed by atoms with Crippen LogP contribution in [0.15, 0.2) is 67.0 Å². The standard InChI is InChI=1S/C18H17N2O2P/c1-21-17-15(10-6-12-19-17)23(14-8-4-3-5-9-14)16-11-7-13-20-18(16)22-2/h3-13H,1-2H3. The minimum atomic E-state index is -0.874. The predicted molar refractivity (Wildman–Crippen MR) is 93.8 cm³/mol. The van der Waals surface area contributed by atoms with Gasteiger partial charge in [0.25, 0.3) is 0 Å². The van der Waals surface area contributed by atoms with E-state index < -0.39 is 7.92 Å². The molecule has 0 unspecified atom stereocenters. The van der Waals surface area contributed by atoms with Crippen molar-refractivity contribution in [3.63, 3.8) is 0 Å². The number of hydrogen-bond donors (Lipinski definition) is 0. The summed E-state index contributed by atoms with van der Waals surface area (Å²) in [6, 6.07) is 18.3. The molecular formula is C18H17N2O2P. The normalized spacial score (nSPS) is 10.6. The van der Waals surface area contributed by atoms with Crippen molar-refractivity contribution in [2.75, 3.05) is 14.2 Å². The van der Waals surface area contributed by atoms with Gasteiger partial charge in [0.15, 0.2) is 0 Å². The Hall–Kier alpha value is -2.45. The lowest BCUT2D eigenvalue weighted by atomic mass is 10.4. The summed E-state index contributed by atoms with van der Waals surface area (Å²) in [7, 11) is 2.41. The molecule has 23 heavy (non-hydrogen) atoms. The average molecular weight is 324 g/mol. The molecule has 0 bridgehead atoms. The van der Waals surface area contributed by atoms with Crippen molar-refractivity contribution in [3.8, 4) is 11.8 Å². The van der Waals surface area contributed by atoms with Crippen molar-refractivity contribution in [2.24, 2.45) is 0 Å². The Labute approximate surface area is 136 Å². The number of hydrogen-bond acceptors (Lipinski definition) is 4. The zero-order valence-electron chi connectivity index (χ0n) is 13.0. The Balaban J connectivity index is 2.23. The highest BCUT2D eigenvalue weighted by Crippen LogP contribution is 2.37.